The van der Waals surface area contributed by atoms with Crippen molar-refractivity contribution in [1.29, 1.82) is 5.26 Å². The van der Waals surface area contributed by atoms with Crippen LogP contribution in [-0.4, -0.2) is 11.0 Å². The summed E-state index contributed by atoms with van der Waals surface area (Å²) in [5, 5.41) is 11.6. The summed E-state index contributed by atoms with van der Waals surface area (Å²) in [6.45, 7) is 4.58. The average molecular weight is 175 g/mol. The SMILES string of the molecule is Cc1ccncc1CNC(C)C#N. The van der Waals surface area contributed by atoms with Crippen molar-refractivity contribution in [2.75, 3.05) is 0 Å². The van der Waals surface area contributed by atoms with E-state index in [-0.39, 0.29) is 6.04 Å². The van der Waals surface area contributed by atoms with Gasteiger partial charge in [-0.25, -0.2) is 0 Å². The second kappa shape index (κ2) is 4.58. The normalized spacial score (nSPS) is 12.1. The van der Waals surface area contributed by atoms with Crippen molar-refractivity contribution in [2.45, 2.75) is 26.4 Å². The molecule has 0 saturated heterocycles. The molecule has 1 heterocycles. The maximum Gasteiger partial charge on any atom is 0.0927 e. The number of nitrogens with one attached hydrogen (secondary N) is 1. The second-order valence-electron chi connectivity index (χ2n) is 3.03. The molecule has 68 valence electrons. The fourth-order valence-corrected chi connectivity index (χ4v) is 0.990. The van der Waals surface area contributed by atoms with Crippen LogP contribution in [0.5, 0.6) is 0 Å². The van der Waals surface area contributed by atoms with Crippen molar-refractivity contribution >= 4 is 0 Å². The molecule has 0 bridgehead atoms. The summed E-state index contributed by atoms with van der Waals surface area (Å²) in [7, 11) is 0. The van der Waals surface area contributed by atoms with Crippen molar-refractivity contribution in [3.8, 4) is 6.07 Å². The Morgan fingerprint density at radius 2 is 2.46 bits per heavy atom. The largest absolute Gasteiger partial charge is 0.298 e. The predicted octanol–water partition coefficient (Wildman–Crippen LogP) is 1.39. The zero-order valence-corrected chi connectivity index (χ0v) is 7.91. The Morgan fingerprint density at radius 3 is 3.08 bits per heavy atom. The van der Waals surface area contributed by atoms with Crippen molar-refractivity contribution in [2.24, 2.45) is 0 Å². The Kier molecular flexibility index (Phi) is 3.41. The van der Waals surface area contributed by atoms with Gasteiger partial charge in [0.25, 0.3) is 0 Å². The Bertz CT molecular complexity index is 314. The summed E-state index contributed by atoms with van der Waals surface area (Å²) in [4.78, 5) is 4.03. The van der Waals surface area contributed by atoms with Crippen molar-refractivity contribution in [3.63, 3.8) is 0 Å². The summed E-state index contributed by atoms with van der Waals surface area (Å²) >= 11 is 0. The average Bonchev–Trinajstić information content (AvgIpc) is 2.16. The Labute approximate surface area is 78.4 Å². The molecule has 0 aliphatic carbocycles. The van der Waals surface area contributed by atoms with Crippen molar-refractivity contribution in [1.82, 2.24) is 10.3 Å². The molecule has 13 heavy (non-hydrogen) atoms. The fourth-order valence-electron chi connectivity index (χ4n) is 0.990. The quantitative estimate of drug-likeness (QED) is 0.755. The summed E-state index contributed by atoms with van der Waals surface area (Å²) in [5.74, 6) is 0. The zero-order chi connectivity index (χ0) is 9.68. The molecular weight excluding hydrogens is 162 g/mol. The number of nitrogens with zero attached hydrogens (tertiary/aromatic N) is 2. The molecule has 0 amide bonds. The van der Waals surface area contributed by atoms with E-state index in [0.29, 0.717) is 6.54 Å². The highest BCUT2D eigenvalue weighted by Gasteiger charge is 2.00. The van der Waals surface area contributed by atoms with Crippen molar-refractivity contribution in [3.05, 3.63) is 29.6 Å². The van der Waals surface area contributed by atoms with E-state index in [1.54, 1.807) is 6.20 Å². The van der Waals surface area contributed by atoms with Gasteiger partial charge < -0.3 is 0 Å². The minimum atomic E-state index is -0.111. The molecule has 0 saturated carbocycles. The van der Waals surface area contributed by atoms with E-state index < -0.39 is 0 Å². The number of nitriles is 1. The summed E-state index contributed by atoms with van der Waals surface area (Å²) in [6.07, 6.45) is 3.60. The minimum Gasteiger partial charge on any atom is -0.298 e. The third-order valence-electron chi connectivity index (χ3n) is 1.94. The monoisotopic (exact) mass is 175 g/mol. The lowest BCUT2D eigenvalue weighted by atomic mass is 10.1. The van der Waals surface area contributed by atoms with Gasteiger partial charge in [-0.15, -0.1) is 0 Å². The topological polar surface area (TPSA) is 48.7 Å². The number of pyridine rings is 1. The van der Waals surface area contributed by atoms with E-state index in [0.717, 1.165) is 5.56 Å². The Morgan fingerprint density at radius 1 is 1.69 bits per heavy atom. The van der Waals surface area contributed by atoms with E-state index in [4.69, 9.17) is 5.26 Å². The van der Waals surface area contributed by atoms with Gasteiger partial charge in [-0.05, 0) is 31.0 Å². The number of hydrogen-bond acceptors (Lipinski definition) is 3. The molecule has 1 aromatic heterocycles. The first-order valence-electron chi connectivity index (χ1n) is 4.26. The lowest BCUT2D eigenvalue weighted by molar-refractivity contribution is 0.639. The van der Waals surface area contributed by atoms with Gasteiger partial charge in [-0.3, -0.25) is 10.3 Å². The van der Waals surface area contributed by atoms with Crippen LogP contribution >= 0.6 is 0 Å². The molecule has 0 radical (unpaired) electrons. The molecule has 3 heteroatoms. The lowest BCUT2D eigenvalue weighted by Gasteiger charge is -2.07. The Balaban J connectivity index is 2.56. The van der Waals surface area contributed by atoms with Crippen LogP contribution in [0.2, 0.25) is 0 Å². The first-order valence-corrected chi connectivity index (χ1v) is 4.26. The van der Waals surface area contributed by atoms with Gasteiger partial charge in [0.05, 0.1) is 12.1 Å². The Hall–Kier alpha value is -1.40. The van der Waals surface area contributed by atoms with E-state index in [1.807, 2.05) is 26.1 Å². The molecule has 0 aliphatic heterocycles. The third-order valence-corrected chi connectivity index (χ3v) is 1.94. The van der Waals surface area contributed by atoms with Crippen LogP contribution in [0.1, 0.15) is 18.1 Å². The molecule has 1 unspecified atom stereocenters. The molecule has 0 spiro atoms. The predicted molar refractivity (Wildman–Crippen MR) is 50.9 cm³/mol. The van der Waals surface area contributed by atoms with Crippen LogP contribution in [0.4, 0.5) is 0 Å². The molecule has 0 aliphatic rings. The molecular formula is C10H13N3. The van der Waals surface area contributed by atoms with Crippen LogP contribution in [0.25, 0.3) is 0 Å². The second-order valence-corrected chi connectivity index (χ2v) is 3.03. The number of aromatic nitrogens is 1. The molecule has 1 atom stereocenters. The molecule has 0 aromatic carbocycles. The minimum absolute atomic E-state index is 0.111. The van der Waals surface area contributed by atoms with Crippen LogP contribution in [0, 0.1) is 18.3 Å². The standard InChI is InChI=1S/C10H13N3/c1-8-3-4-12-6-10(8)7-13-9(2)5-11/h3-4,6,9,13H,7H2,1-2H3. The number of rotatable bonds is 3. The molecule has 1 aromatic rings. The summed E-state index contributed by atoms with van der Waals surface area (Å²) in [5.41, 5.74) is 2.34. The van der Waals surface area contributed by atoms with Crippen molar-refractivity contribution < 1.29 is 0 Å². The van der Waals surface area contributed by atoms with Gasteiger partial charge in [-0.2, -0.15) is 5.26 Å². The van der Waals surface area contributed by atoms with E-state index in [1.165, 1.54) is 5.56 Å². The highest BCUT2D eigenvalue weighted by Crippen LogP contribution is 2.04. The number of hydrogen-bond donors (Lipinski definition) is 1. The molecule has 1 rings (SSSR count). The van der Waals surface area contributed by atoms with Crippen LogP contribution in [0.15, 0.2) is 18.5 Å². The van der Waals surface area contributed by atoms with E-state index in [2.05, 4.69) is 16.4 Å². The highest BCUT2D eigenvalue weighted by molar-refractivity contribution is 5.21. The van der Waals surface area contributed by atoms with Crippen LogP contribution < -0.4 is 5.32 Å². The number of aryl methyl sites for hydroxylation is 1. The van der Waals surface area contributed by atoms with Gasteiger partial charge in [0.15, 0.2) is 0 Å². The first kappa shape index (κ1) is 9.69. The lowest BCUT2D eigenvalue weighted by Crippen LogP contribution is -2.23. The van der Waals surface area contributed by atoms with Gasteiger partial charge in [-0.1, -0.05) is 0 Å². The molecule has 1 N–H and O–H groups in total. The zero-order valence-electron chi connectivity index (χ0n) is 7.91. The molecule has 0 fully saturated rings. The fraction of sp³-hybridized carbons (Fsp3) is 0.400. The van der Waals surface area contributed by atoms with Gasteiger partial charge in [0, 0.05) is 18.9 Å². The summed E-state index contributed by atoms with van der Waals surface area (Å²) in [6, 6.07) is 3.98. The van der Waals surface area contributed by atoms with Crippen LogP contribution in [0.3, 0.4) is 0 Å². The van der Waals surface area contributed by atoms with E-state index in [9.17, 15) is 0 Å². The van der Waals surface area contributed by atoms with Gasteiger partial charge in [0.2, 0.25) is 0 Å². The van der Waals surface area contributed by atoms with Gasteiger partial charge in [0.1, 0.15) is 0 Å². The smallest absolute Gasteiger partial charge is 0.0927 e. The first-order chi connectivity index (χ1) is 6.24. The van der Waals surface area contributed by atoms with E-state index >= 15 is 0 Å². The maximum absolute atomic E-state index is 8.55. The highest BCUT2D eigenvalue weighted by atomic mass is 14.9. The third kappa shape index (κ3) is 2.85. The summed E-state index contributed by atoms with van der Waals surface area (Å²) < 4.78 is 0. The molecule has 3 nitrogen and oxygen atoms in total. The van der Waals surface area contributed by atoms with Gasteiger partial charge >= 0.3 is 0 Å². The maximum atomic E-state index is 8.55. The van der Waals surface area contributed by atoms with Crippen LogP contribution in [-0.2, 0) is 6.54 Å².